The zero-order valence-corrected chi connectivity index (χ0v) is 9.87. The van der Waals surface area contributed by atoms with E-state index in [1.807, 2.05) is 37.9 Å². The van der Waals surface area contributed by atoms with Crippen LogP contribution in [0.2, 0.25) is 0 Å². The predicted octanol–water partition coefficient (Wildman–Crippen LogP) is 2.44. The number of hydrogen-bond donors (Lipinski definition) is 0. The molecule has 0 atom stereocenters. The fraction of sp³-hybridized carbons (Fsp3) is 0.500. The summed E-state index contributed by atoms with van der Waals surface area (Å²) in [6, 6.07) is 3.77. The van der Waals surface area contributed by atoms with E-state index in [1.54, 1.807) is 0 Å². The van der Waals surface area contributed by atoms with Gasteiger partial charge in [0.25, 0.3) is 0 Å². The molecular formula is C12H18N2O. The number of Topliss-reactive ketones (excluding diaryl/α,β-unsaturated/α-hetero) is 1. The lowest BCUT2D eigenvalue weighted by Crippen LogP contribution is -2.18. The van der Waals surface area contributed by atoms with Gasteiger partial charge in [-0.15, -0.1) is 0 Å². The third-order valence-corrected chi connectivity index (χ3v) is 2.56. The highest BCUT2D eigenvalue weighted by Gasteiger charge is 2.09. The van der Waals surface area contributed by atoms with E-state index >= 15 is 0 Å². The molecule has 1 aromatic heterocycles. The first-order valence-electron chi connectivity index (χ1n) is 5.32. The molecule has 15 heavy (non-hydrogen) atoms. The van der Waals surface area contributed by atoms with Gasteiger partial charge in [0.15, 0.2) is 5.78 Å². The van der Waals surface area contributed by atoms with Crippen LogP contribution in [0.5, 0.6) is 0 Å². The number of aryl methyl sites for hydroxylation is 1. The quantitative estimate of drug-likeness (QED) is 0.709. The summed E-state index contributed by atoms with van der Waals surface area (Å²) >= 11 is 0. The Kier molecular flexibility index (Phi) is 3.83. The first-order chi connectivity index (χ1) is 7.10. The number of pyridine rings is 1. The van der Waals surface area contributed by atoms with E-state index in [-0.39, 0.29) is 5.78 Å². The number of carbonyl (C=O) groups is 1. The molecule has 0 aliphatic heterocycles. The molecule has 0 amide bonds. The number of hydrogen-bond acceptors (Lipinski definition) is 3. The molecule has 0 fully saturated rings. The van der Waals surface area contributed by atoms with Crippen LogP contribution in [-0.4, -0.2) is 24.4 Å². The van der Waals surface area contributed by atoms with Crippen molar-refractivity contribution in [3.63, 3.8) is 0 Å². The van der Waals surface area contributed by atoms with E-state index in [4.69, 9.17) is 0 Å². The summed E-state index contributed by atoms with van der Waals surface area (Å²) in [5, 5.41) is 0. The maximum atomic E-state index is 11.5. The Hall–Kier alpha value is -1.38. The van der Waals surface area contributed by atoms with Crippen molar-refractivity contribution < 1.29 is 4.79 Å². The summed E-state index contributed by atoms with van der Waals surface area (Å²) in [5.41, 5.74) is 1.56. The van der Waals surface area contributed by atoms with Crippen LogP contribution in [0.3, 0.4) is 0 Å². The molecule has 0 unspecified atom stereocenters. The minimum Gasteiger partial charge on any atom is -0.360 e. The van der Waals surface area contributed by atoms with Crippen molar-refractivity contribution in [1.29, 1.82) is 0 Å². The van der Waals surface area contributed by atoms with Gasteiger partial charge in [-0.3, -0.25) is 4.79 Å². The van der Waals surface area contributed by atoms with E-state index in [9.17, 15) is 4.79 Å². The van der Waals surface area contributed by atoms with Gasteiger partial charge in [0.05, 0.1) is 5.69 Å². The lowest BCUT2D eigenvalue weighted by molar-refractivity contribution is 0.0987. The average molecular weight is 206 g/mol. The van der Waals surface area contributed by atoms with E-state index < -0.39 is 0 Å². The van der Waals surface area contributed by atoms with Gasteiger partial charge in [-0.05, 0) is 26.0 Å². The molecule has 0 spiro atoms. The van der Waals surface area contributed by atoms with E-state index in [0.29, 0.717) is 6.42 Å². The maximum Gasteiger partial charge on any atom is 0.164 e. The van der Waals surface area contributed by atoms with Crippen LogP contribution >= 0.6 is 0 Å². The first-order valence-corrected chi connectivity index (χ1v) is 5.32. The Morgan fingerprint density at radius 2 is 2.07 bits per heavy atom. The van der Waals surface area contributed by atoms with Crippen molar-refractivity contribution in [3.8, 4) is 0 Å². The molecule has 0 N–H and O–H groups in total. The molecule has 0 aliphatic carbocycles. The molecule has 0 radical (unpaired) electrons. The minimum atomic E-state index is 0.158. The van der Waals surface area contributed by atoms with Gasteiger partial charge in [0.2, 0.25) is 0 Å². The fourth-order valence-electron chi connectivity index (χ4n) is 1.41. The minimum absolute atomic E-state index is 0.158. The Morgan fingerprint density at radius 3 is 2.53 bits per heavy atom. The van der Waals surface area contributed by atoms with Crippen LogP contribution < -0.4 is 4.90 Å². The Morgan fingerprint density at radius 1 is 1.40 bits per heavy atom. The highest BCUT2D eigenvalue weighted by molar-refractivity contribution is 5.96. The van der Waals surface area contributed by atoms with Crippen molar-refractivity contribution in [3.05, 3.63) is 23.4 Å². The van der Waals surface area contributed by atoms with E-state index in [1.165, 1.54) is 0 Å². The van der Waals surface area contributed by atoms with Crippen LogP contribution in [0, 0.1) is 6.92 Å². The zero-order chi connectivity index (χ0) is 11.4. The average Bonchev–Trinajstić information content (AvgIpc) is 2.26. The molecule has 0 saturated heterocycles. The molecule has 1 heterocycles. The summed E-state index contributed by atoms with van der Waals surface area (Å²) in [6.07, 6.45) is 0.533. The smallest absolute Gasteiger partial charge is 0.164 e. The number of anilines is 1. The number of aromatic nitrogens is 1. The number of ketones is 1. The van der Waals surface area contributed by atoms with Crippen LogP contribution in [0.15, 0.2) is 12.1 Å². The van der Waals surface area contributed by atoms with Crippen LogP contribution in [0.25, 0.3) is 0 Å². The molecule has 82 valence electrons. The summed E-state index contributed by atoms with van der Waals surface area (Å²) < 4.78 is 0. The second-order valence-corrected chi connectivity index (χ2v) is 3.59. The van der Waals surface area contributed by atoms with Crippen LogP contribution in [0.4, 0.5) is 5.82 Å². The third-order valence-electron chi connectivity index (χ3n) is 2.56. The standard InChI is InChI=1S/C12H18N2O/c1-5-11(15)10-7-8-12(13-9(10)3)14(4)6-2/h7-8H,5-6H2,1-4H3. The highest BCUT2D eigenvalue weighted by atomic mass is 16.1. The van der Waals surface area contributed by atoms with Gasteiger partial charge in [-0.25, -0.2) is 4.98 Å². The zero-order valence-electron chi connectivity index (χ0n) is 9.87. The molecule has 3 heteroatoms. The molecule has 0 bridgehead atoms. The second kappa shape index (κ2) is 4.91. The number of rotatable bonds is 4. The normalized spacial score (nSPS) is 10.1. The lowest BCUT2D eigenvalue weighted by Gasteiger charge is -2.16. The van der Waals surface area contributed by atoms with Gasteiger partial charge in [-0.1, -0.05) is 6.92 Å². The molecular weight excluding hydrogens is 188 g/mol. The Balaban J connectivity index is 3.03. The molecule has 1 aromatic rings. The van der Waals surface area contributed by atoms with E-state index in [0.717, 1.165) is 23.6 Å². The topological polar surface area (TPSA) is 33.2 Å². The summed E-state index contributed by atoms with van der Waals surface area (Å²) in [7, 11) is 1.99. The lowest BCUT2D eigenvalue weighted by atomic mass is 10.1. The van der Waals surface area contributed by atoms with Crippen LogP contribution in [0.1, 0.15) is 36.3 Å². The maximum absolute atomic E-state index is 11.5. The van der Waals surface area contributed by atoms with Gasteiger partial charge >= 0.3 is 0 Å². The third kappa shape index (κ3) is 2.55. The molecule has 0 saturated carbocycles. The number of nitrogens with zero attached hydrogens (tertiary/aromatic N) is 2. The van der Waals surface area contributed by atoms with Gasteiger partial charge in [0, 0.05) is 25.6 Å². The largest absolute Gasteiger partial charge is 0.360 e. The fourth-order valence-corrected chi connectivity index (χ4v) is 1.41. The number of carbonyl (C=O) groups excluding carboxylic acids is 1. The monoisotopic (exact) mass is 206 g/mol. The van der Waals surface area contributed by atoms with Gasteiger partial charge in [-0.2, -0.15) is 0 Å². The molecule has 0 aliphatic rings. The van der Waals surface area contributed by atoms with E-state index in [2.05, 4.69) is 11.9 Å². The molecule has 0 aromatic carbocycles. The van der Waals surface area contributed by atoms with Crippen molar-refractivity contribution in [2.24, 2.45) is 0 Å². The van der Waals surface area contributed by atoms with Crippen molar-refractivity contribution >= 4 is 11.6 Å². The van der Waals surface area contributed by atoms with Crippen molar-refractivity contribution in [2.45, 2.75) is 27.2 Å². The van der Waals surface area contributed by atoms with Gasteiger partial charge in [0.1, 0.15) is 5.82 Å². The van der Waals surface area contributed by atoms with Crippen molar-refractivity contribution in [2.75, 3.05) is 18.5 Å². The molecule has 1 rings (SSSR count). The highest BCUT2D eigenvalue weighted by Crippen LogP contribution is 2.14. The second-order valence-electron chi connectivity index (χ2n) is 3.59. The van der Waals surface area contributed by atoms with Crippen LogP contribution in [-0.2, 0) is 0 Å². The van der Waals surface area contributed by atoms with Gasteiger partial charge < -0.3 is 4.90 Å². The Bertz CT molecular complexity index is 361. The van der Waals surface area contributed by atoms with Crippen molar-refractivity contribution in [1.82, 2.24) is 4.98 Å². The molecule has 3 nitrogen and oxygen atoms in total. The summed E-state index contributed by atoms with van der Waals surface area (Å²) in [6.45, 7) is 6.74. The first kappa shape index (κ1) is 11.7. The summed E-state index contributed by atoms with van der Waals surface area (Å²) in [4.78, 5) is 18.0. The summed E-state index contributed by atoms with van der Waals surface area (Å²) in [5.74, 6) is 1.08. The predicted molar refractivity (Wildman–Crippen MR) is 62.5 cm³/mol. The Labute approximate surface area is 91.1 Å². The SMILES string of the molecule is CCC(=O)c1ccc(N(C)CC)nc1C.